The highest BCUT2D eigenvalue weighted by Crippen LogP contribution is 2.10. The normalized spacial score (nSPS) is 11.7. The largest absolute Gasteiger partial charge is 0.357 e. The van der Waals surface area contributed by atoms with E-state index in [1.807, 2.05) is 19.1 Å². The van der Waals surface area contributed by atoms with E-state index in [2.05, 4.69) is 22.5 Å². The minimum Gasteiger partial charge on any atom is -0.357 e. The summed E-state index contributed by atoms with van der Waals surface area (Å²) in [5.74, 6) is 0.802. The van der Waals surface area contributed by atoms with Gasteiger partial charge in [0.05, 0.1) is 11.4 Å². The van der Waals surface area contributed by atoms with Crippen molar-refractivity contribution in [3.05, 3.63) is 29.8 Å². The average Bonchev–Trinajstić information content (AvgIpc) is 2.52. The van der Waals surface area contributed by atoms with Crippen molar-refractivity contribution in [1.29, 1.82) is 0 Å². The Kier molecular flexibility index (Phi) is 12.1. The number of guanidine groups is 1. The standard InChI is InChI=1S/C17H29N3O2S.HI/c1-4-6-7-8-13-19-17(18-5-2)20-14-15-9-11-16(12-10-15)23(3,21)22;/h9-12H,4-8,13-14H2,1-3H3,(H2,18,19,20);1H. The van der Waals surface area contributed by atoms with Crippen LogP contribution >= 0.6 is 24.0 Å². The molecule has 0 unspecified atom stereocenters. The topological polar surface area (TPSA) is 70.6 Å². The molecule has 0 aromatic heterocycles. The molecular formula is C17H30IN3O2S. The number of unbranched alkanes of at least 4 members (excludes halogenated alkanes) is 3. The van der Waals surface area contributed by atoms with Crippen LogP contribution in [0.2, 0.25) is 0 Å². The van der Waals surface area contributed by atoms with Crippen LogP contribution in [0.4, 0.5) is 0 Å². The van der Waals surface area contributed by atoms with E-state index >= 15 is 0 Å². The van der Waals surface area contributed by atoms with E-state index in [0.29, 0.717) is 11.4 Å². The molecular weight excluding hydrogens is 437 g/mol. The van der Waals surface area contributed by atoms with Gasteiger partial charge in [0.15, 0.2) is 15.8 Å². The van der Waals surface area contributed by atoms with Gasteiger partial charge in [0.1, 0.15) is 0 Å². The summed E-state index contributed by atoms with van der Waals surface area (Å²) in [6.45, 7) is 6.49. The average molecular weight is 467 g/mol. The number of hydrogen-bond acceptors (Lipinski definition) is 3. The molecule has 0 bridgehead atoms. The molecule has 0 atom stereocenters. The summed E-state index contributed by atoms with van der Waals surface area (Å²) >= 11 is 0. The first-order chi connectivity index (χ1) is 11.0. The third kappa shape index (κ3) is 9.46. The fraction of sp³-hybridized carbons (Fsp3) is 0.588. The smallest absolute Gasteiger partial charge is 0.191 e. The molecule has 0 saturated heterocycles. The van der Waals surface area contributed by atoms with Crippen molar-refractivity contribution in [3.63, 3.8) is 0 Å². The molecule has 1 aromatic carbocycles. The highest BCUT2D eigenvalue weighted by atomic mass is 127. The number of benzene rings is 1. The fourth-order valence-electron chi connectivity index (χ4n) is 2.11. The van der Waals surface area contributed by atoms with E-state index in [4.69, 9.17) is 0 Å². The Morgan fingerprint density at radius 1 is 1.04 bits per heavy atom. The predicted octanol–water partition coefficient (Wildman–Crippen LogP) is 3.34. The molecule has 0 aliphatic carbocycles. The molecule has 0 aliphatic rings. The predicted molar refractivity (Wildman–Crippen MR) is 112 cm³/mol. The zero-order valence-corrected chi connectivity index (χ0v) is 18.0. The van der Waals surface area contributed by atoms with Crippen molar-refractivity contribution < 1.29 is 8.42 Å². The molecule has 5 nitrogen and oxygen atoms in total. The number of nitrogens with zero attached hydrogens (tertiary/aromatic N) is 1. The van der Waals surface area contributed by atoms with Crippen molar-refractivity contribution in [2.45, 2.75) is 51.0 Å². The maximum absolute atomic E-state index is 11.4. The third-order valence-corrected chi connectivity index (χ3v) is 4.57. The second-order valence-corrected chi connectivity index (χ2v) is 7.61. The Bertz CT molecular complexity index is 586. The van der Waals surface area contributed by atoms with Crippen LogP contribution in [0.5, 0.6) is 0 Å². The van der Waals surface area contributed by atoms with E-state index < -0.39 is 9.84 Å². The molecule has 0 amide bonds. The lowest BCUT2D eigenvalue weighted by atomic mass is 10.2. The van der Waals surface area contributed by atoms with Gasteiger partial charge < -0.3 is 10.6 Å². The molecule has 1 rings (SSSR count). The second-order valence-electron chi connectivity index (χ2n) is 5.60. The minimum absolute atomic E-state index is 0. The number of aliphatic imine (C=N–C) groups is 1. The molecule has 0 fully saturated rings. The van der Waals surface area contributed by atoms with Gasteiger partial charge in [-0.25, -0.2) is 13.4 Å². The third-order valence-electron chi connectivity index (χ3n) is 3.44. The molecule has 0 heterocycles. The second kappa shape index (κ2) is 12.5. The summed E-state index contributed by atoms with van der Waals surface area (Å²) in [6, 6.07) is 6.88. The Hall–Kier alpha value is -0.830. The van der Waals surface area contributed by atoms with Crippen LogP contribution in [0.3, 0.4) is 0 Å². The first-order valence-electron chi connectivity index (χ1n) is 8.28. The maximum Gasteiger partial charge on any atom is 0.191 e. The van der Waals surface area contributed by atoms with Gasteiger partial charge in [-0.05, 0) is 31.0 Å². The van der Waals surface area contributed by atoms with Crippen LogP contribution in [0, 0.1) is 0 Å². The van der Waals surface area contributed by atoms with Crippen molar-refractivity contribution in [3.8, 4) is 0 Å². The number of sulfone groups is 1. The minimum atomic E-state index is -3.14. The number of hydrogen-bond donors (Lipinski definition) is 2. The highest BCUT2D eigenvalue weighted by Gasteiger charge is 2.06. The summed E-state index contributed by atoms with van der Waals surface area (Å²) in [6.07, 6.45) is 6.09. The van der Waals surface area contributed by atoms with Gasteiger partial charge in [-0.2, -0.15) is 0 Å². The molecule has 1 aromatic rings. The Balaban J connectivity index is 0.00000529. The van der Waals surface area contributed by atoms with Crippen molar-refractivity contribution in [2.75, 3.05) is 19.3 Å². The number of halogens is 1. The zero-order chi connectivity index (χ0) is 17.1. The zero-order valence-electron chi connectivity index (χ0n) is 14.8. The van der Waals surface area contributed by atoms with Crippen molar-refractivity contribution in [2.24, 2.45) is 4.99 Å². The lowest BCUT2D eigenvalue weighted by molar-refractivity contribution is 0.602. The summed E-state index contributed by atoms with van der Waals surface area (Å²) in [5.41, 5.74) is 0.987. The summed E-state index contributed by atoms with van der Waals surface area (Å²) in [5, 5.41) is 6.55. The van der Waals surface area contributed by atoms with Crippen molar-refractivity contribution in [1.82, 2.24) is 10.6 Å². The van der Waals surface area contributed by atoms with Crippen molar-refractivity contribution >= 4 is 39.8 Å². The lowest BCUT2D eigenvalue weighted by Gasteiger charge is -2.11. The molecule has 138 valence electrons. The van der Waals surface area contributed by atoms with E-state index in [-0.39, 0.29) is 24.0 Å². The van der Waals surface area contributed by atoms with Crippen LogP contribution in [-0.2, 0) is 16.4 Å². The van der Waals surface area contributed by atoms with Gasteiger partial charge in [0.25, 0.3) is 0 Å². The maximum atomic E-state index is 11.4. The quantitative estimate of drug-likeness (QED) is 0.253. The van der Waals surface area contributed by atoms with E-state index in [1.165, 1.54) is 25.5 Å². The van der Waals surface area contributed by atoms with Crippen LogP contribution in [0.15, 0.2) is 34.2 Å². The van der Waals surface area contributed by atoms with Crippen LogP contribution in [-0.4, -0.2) is 33.7 Å². The van der Waals surface area contributed by atoms with Gasteiger partial charge >= 0.3 is 0 Å². The SMILES string of the molecule is CCCCCCNC(=NCc1ccc(S(C)(=O)=O)cc1)NCC.I. The molecule has 0 saturated carbocycles. The molecule has 24 heavy (non-hydrogen) atoms. The number of rotatable bonds is 9. The van der Waals surface area contributed by atoms with Gasteiger partial charge in [-0.1, -0.05) is 38.3 Å². The summed E-state index contributed by atoms with van der Waals surface area (Å²) in [7, 11) is -3.14. The van der Waals surface area contributed by atoms with Crippen LogP contribution in [0.1, 0.15) is 45.1 Å². The first kappa shape index (κ1) is 23.2. The van der Waals surface area contributed by atoms with Crippen LogP contribution < -0.4 is 10.6 Å². The first-order valence-corrected chi connectivity index (χ1v) is 10.2. The lowest BCUT2D eigenvalue weighted by Crippen LogP contribution is -2.37. The Labute approximate surface area is 163 Å². The monoisotopic (exact) mass is 467 g/mol. The molecule has 2 N–H and O–H groups in total. The van der Waals surface area contributed by atoms with Gasteiger partial charge in [-0.3, -0.25) is 0 Å². The van der Waals surface area contributed by atoms with E-state index in [0.717, 1.165) is 31.0 Å². The van der Waals surface area contributed by atoms with Gasteiger partial charge in [0, 0.05) is 19.3 Å². The Morgan fingerprint density at radius 2 is 1.71 bits per heavy atom. The highest BCUT2D eigenvalue weighted by molar-refractivity contribution is 14.0. The molecule has 0 radical (unpaired) electrons. The van der Waals surface area contributed by atoms with E-state index in [9.17, 15) is 8.42 Å². The van der Waals surface area contributed by atoms with E-state index in [1.54, 1.807) is 12.1 Å². The van der Waals surface area contributed by atoms with Gasteiger partial charge in [0.2, 0.25) is 0 Å². The number of nitrogens with one attached hydrogen (secondary N) is 2. The van der Waals surface area contributed by atoms with Gasteiger partial charge in [-0.15, -0.1) is 24.0 Å². The van der Waals surface area contributed by atoms with Crippen LogP contribution in [0.25, 0.3) is 0 Å². The fourth-order valence-corrected chi connectivity index (χ4v) is 2.74. The molecule has 0 aliphatic heterocycles. The Morgan fingerprint density at radius 3 is 2.25 bits per heavy atom. The summed E-state index contributed by atoms with van der Waals surface area (Å²) < 4.78 is 22.9. The molecule has 0 spiro atoms. The summed E-state index contributed by atoms with van der Waals surface area (Å²) in [4.78, 5) is 4.88. The molecule has 7 heteroatoms.